The van der Waals surface area contributed by atoms with Gasteiger partial charge >= 0.3 is 6.03 Å². The number of carbonyl (C=O) groups excluding carboxylic acids is 2. The van der Waals surface area contributed by atoms with Crippen LogP contribution in [0.3, 0.4) is 0 Å². The summed E-state index contributed by atoms with van der Waals surface area (Å²) in [6.07, 6.45) is 6.26. The van der Waals surface area contributed by atoms with Crippen molar-refractivity contribution in [2.45, 2.75) is 70.8 Å². The van der Waals surface area contributed by atoms with E-state index in [1.807, 2.05) is 30.3 Å². The highest BCUT2D eigenvalue weighted by molar-refractivity contribution is 6.05. The van der Waals surface area contributed by atoms with E-state index in [1.54, 1.807) is 29.2 Å². The Hall–Kier alpha value is -4.33. The van der Waals surface area contributed by atoms with Crippen LogP contribution in [0.15, 0.2) is 77.9 Å². The molecule has 8 heteroatoms. The number of nitrogens with zero attached hydrogens (tertiary/aromatic N) is 2. The van der Waals surface area contributed by atoms with E-state index in [0.717, 1.165) is 22.5 Å². The number of amides is 3. The van der Waals surface area contributed by atoms with Crippen LogP contribution >= 0.6 is 0 Å². The van der Waals surface area contributed by atoms with Gasteiger partial charge in [0, 0.05) is 16.9 Å². The Labute approximate surface area is 236 Å². The molecule has 1 aliphatic carbocycles. The van der Waals surface area contributed by atoms with Crippen molar-refractivity contribution in [1.82, 2.24) is 5.32 Å². The fourth-order valence-electron chi connectivity index (χ4n) is 5.05. The van der Waals surface area contributed by atoms with Crippen molar-refractivity contribution in [3.8, 4) is 0 Å². The van der Waals surface area contributed by atoms with Crippen LogP contribution in [0.1, 0.15) is 85.8 Å². The highest BCUT2D eigenvalue weighted by atomic mass is 16.2. The Balaban J connectivity index is 1.57. The maximum absolute atomic E-state index is 13.7. The second-order valence-corrected chi connectivity index (χ2v) is 11.4. The summed E-state index contributed by atoms with van der Waals surface area (Å²) in [5.74, 6) is -0.462. The molecule has 8 nitrogen and oxygen atoms in total. The quantitative estimate of drug-likeness (QED) is 0.144. The smallest absolute Gasteiger partial charge is 0.308 e. The fraction of sp³-hybridized carbons (Fsp3) is 0.344. The van der Waals surface area contributed by atoms with Crippen LogP contribution in [0.2, 0.25) is 0 Å². The highest BCUT2D eigenvalue weighted by Gasteiger charge is 2.21. The third kappa shape index (κ3) is 7.40. The van der Waals surface area contributed by atoms with Gasteiger partial charge in [0.25, 0.3) is 5.91 Å². The van der Waals surface area contributed by atoms with E-state index in [2.05, 4.69) is 54.7 Å². The summed E-state index contributed by atoms with van der Waals surface area (Å²) in [6.45, 7) is 6.72. The summed E-state index contributed by atoms with van der Waals surface area (Å²) in [4.78, 5) is 27.7. The molecule has 0 aromatic heterocycles. The summed E-state index contributed by atoms with van der Waals surface area (Å²) >= 11 is 0. The van der Waals surface area contributed by atoms with Crippen LogP contribution in [0.25, 0.3) is 0 Å². The number of rotatable bonds is 6. The van der Waals surface area contributed by atoms with Crippen LogP contribution in [0, 0.1) is 10.9 Å². The van der Waals surface area contributed by atoms with E-state index in [1.165, 1.54) is 37.7 Å². The van der Waals surface area contributed by atoms with Gasteiger partial charge in [-0.15, -0.1) is 5.11 Å². The third-order valence-corrected chi connectivity index (χ3v) is 7.41. The van der Waals surface area contributed by atoms with Gasteiger partial charge in [-0.2, -0.15) is 0 Å². The lowest BCUT2D eigenvalue weighted by atomic mass is 9.84. The van der Waals surface area contributed by atoms with Gasteiger partial charge in [0.05, 0.1) is 6.54 Å². The van der Waals surface area contributed by atoms with Crippen molar-refractivity contribution in [2.75, 3.05) is 10.2 Å². The molecule has 4 N–H and O–H groups in total. The predicted octanol–water partition coefficient (Wildman–Crippen LogP) is 7.97. The summed E-state index contributed by atoms with van der Waals surface area (Å²) in [5.41, 5.74) is 11.9. The van der Waals surface area contributed by atoms with E-state index < -0.39 is 11.9 Å². The van der Waals surface area contributed by atoms with Gasteiger partial charge in [0.15, 0.2) is 0 Å². The molecule has 4 rings (SSSR count). The van der Waals surface area contributed by atoms with Crippen LogP contribution in [-0.2, 0) is 12.0 Å². The van der Waals surface area contributed by atoms with Crippen molar-refractivity contribution in [3.05, 3.63) is 95.1 Å². The minimum atomic E-state index is -0.524. The van der Waals surface area contributed by atoms with Crippen molar-refractivity contribution in [1.29, 1.82) is 10.9 Å². The summed E-state index contributed by atoms with van der Waals surface area (Å²) in [7, 11) is 0. The molecule has 0 spiro atoms. The van der Waals surface area contributed by atoms with Gasteiger partial charge < -0.3 is 5.32 Å². The van der Waals surface area contributed by atoms with E-state index in [0.29, 0.717) is 18.0 Å². The zero-order valence-electron chi connectivity index (χ0n) is 23.5. The molecule has 3 aromatic rings. The van der Waals surface area contributed by atoms with E-state index in [9.17, 15) is 9.59 Å². The predicted molar refractivity (Wildman–Crippen MR) is 159 cm³/mol. The molecule has 208 valence electrons. The highest BCUT2D eigenvalue weighted by Crippen LogP contribution is 2.34. The molecule has 1 fully saturated rings. The van der Waals surface area contributed by atoms with Gasteiger partial charge in [-0.1, -0.05) is 76.4 Å². The van der Waals surface area contributed by atoms with Gasteiger partial charge in [-0.25, -0.2) is 10.3 Å². The lowest BCUT2D eigenvalue weighted by Crippen LogP contribution is -2.34. The molecular weight excluding hydrogens is 500 g/mol. The van der Waals surface area contributed by atoms with Gasteiger partial charge in [-0.3, -0.25) is 20.4 Å². The Bertz CT molecular complexity index is 1350. The second kappa shape index (κ2) is 12.7. The monoisotopic (exact) mass is 538 g/mol. The molecule has 3 amide bonds. The molecule has 0 aliphatic heterocycles. The van der Waals surface area contributed by atoms with E-state index >= 15 is 0 Å². The van der Waals surface area contributed by atoms with E-state index in [-0.39, 0.29) is 11.4 Å². The molecule has 0 bridgehead atoms. The van der Waals surface area contributed by atoms with Gasteiger partial charge in [-0.05, 0) is 77.3 Å². The molecule has 0 heterocycles. The summed E-state index contributed by atoms with van der Waals surface area (Å²) in [6, 6.07) is 22.8. The first-order chi connectivity index (χ1) is 19.1. The topological polar surface area (TPSA) is 122 Å². The summed E-state index contributed by atoms with van der Waals surface area (Å²) in [5, 5.41) is 15.6. The largest absolute Gasteiger partial charge is 0.326 e. The van der Waals surface area contributed by atoms with Crippen LogP contribution in [-0.4, -0.2) is 17.9 Å². The zero-order valence-corrected chi connectivity index (χ0v) is 23.5. The Morgan fingerprint density at radius 1 is 0.950 bits per heavy atom. The Morgan fingerprint density at radius 2 is 1.62 bits per heavy atom. The molecular formula is C32H38N6O2. The molecule has 0 radical (unpaired) electrons. The Kier molecular flexibility index (Phi) is 9.09. The molecule has 1 aliphatic rings. The number of hydrogen-bond donors (Lipinski definition) is 4. The maximum Gasteiger partial charge on any atom is 0.326 e. The number of hydrogen-bond acceptors (Lipinski definition) is 4. The second-order valence-electron chi connectivity index (χ2n) is 11.4. The molecule has 0 saturated heterocycles. The third-order valence-electron chi connectivity index (χ3n) is 7.41. The molecule has 3 aromatic carbocycles. The fourth-order valence-corrected chi connectivity index (χ4v) is 5.05. The maximum atomic E-state index is 13.7. The van der Waals surface area contributed by atoms with E-state index in [4.69, 9.17) is 10.9 Å². The van der Waals surface area contributed by atoms with Crippen LogP contribution in [0.5, 0.6) is 0 Å². The minimum absolute atomic E-state index is 0.0450. The number of guanidine groups is 1. The molecule has 0 atom stereocenters. The van der Waals surface area contributed by atoms with Crippen molar-refractivity contribution < 1.29 is 9.59 Å². The van der Waals surface area contributed by atoms with Crippen LogP contribution < -0.4 is 15.5 Å². The first-order valence-electron chi connectivity index (χ1n) is 13.8. The first-order valence-corrected chi connectivity index (χ1v) is 13.8. The molecule has 1 saturated carbocycles. The molecule has 40 heavy (non-hydrogen) atoms. The SMILES string of the molecule is CC(C)(C)c1cccc(NC(=O)N(Cc2ccc(C(=O)NC(=N)N=N)cc2)c2ccc(C3CCCCC3)cc2)c1. The average Bonchev–Trinajstić information content (AvgIpc) is 2.96. The lowest BCUT2D eigenvalue weighted by molar-refractivity contribution is 0.0976. The normalized spacial score (nSPS) is 13.8. The van der Waals surface area contributed by atoms with Crippen LogP contribution in [0.4, 0.5) is 16.2 Å². The number of urea groups is 1. The minimum Gasteiger partial charge on any atom is -0.308 e. The van der Waals surface area contributed by atoms with Crippen molar-refractivity contribution in [3.63, 3.8) is 0 Å². The summed E-state index contributed by atoms with van der Waals surface area (Å²) < 4.78 is 0. The van der Waals surface area contributed by atoms with Gasteiger partial charge in [0.1, 0.15) is 0 Å². The van der Waals surface area contributed by atoms with Gasteiger partial charge in [0.2, 0.25) is 5.96 Å². The number of carbonyl (C=O) groups is 2. The number of anilines is 2. The number of nitrogens with one attached hydrogen (secondary N) is 4. The average molecular weight is 539 g/mol. The standard InChI is InChI=1S/C32H38N6O2/c1-32(2,3)26-10-7-11-27(20-26)35-31(40)38(28-18-16-24(17-19-28)23-8-5-4-6-9-23)21-22-12-14-25(15-13-22)29(39)36-30(33)37-34/h7,10-20,23,34H,4-6,8-9,21H2,1-3H3,(H,35,40)(H2,33,36,39). The Morgan fingerprint density at radius 3 is 2.25 bits per heavy atom. The number of benzene rings is 3. The van der Waals surface area contributed by atoms with Crippen molar-refractivity contribution >= 4 is 29.3 Å². The van der Waals surface area contributed by atoms with Crippen molar-refractivity contribution in [2.24, 2.45) is 5.11 Å². The first kappa shape index (κ1) is 28.7. The lowest BCUT2D eigenvalue weighted by Gasteiger charge is -2.26. The zero-order chi connectivity index (χ0) is 28.7. The molecule has 0 unspecified atom stereocenters.